The minimum absolute atomic E-state index is 0.0336. The Kier molecular flexibility index (Phi) is 4.10. The van der Waals surface area contributed by atoms with E-state index in [4.69, 9.17) is 10.5 Å². The summed E-state index contributed by atoms with van der Waals surface area (Å²) in [5.41, 5.74) is 7.77. The highest BCUT2D eigenvalue weighted by molar-refractivity contribution is 5.87. The van der Waals surface area contributed by atoms with Gasteiger partial charge in [-0.25, -0.2) is 4.79 Å². The minimum Gasteiger partial charge on any atom is -0.507 e. The number of ether oxygens (including phenoxy) is 1. The van der Waals surface area contributed by atoms with Gasteiger partial charge in [0.2, 0.25) is 0 Å². The summed E-state index contributed by atoms with van der Waals surface area (Å²) in [6, 6.07) is 8.69. The second-order valence-corrected chi connectivity index (χ2v) is 7.85. The fourth-order valence-electron chi connectivity index (χ4n) is 3.14. The lowest BCUT2D eigenvalue weighted by Crippen LogP contribution is -2.52. The molecule has 28 heavy (non-hydrogen) atoms. The standard InChI is InChI=1S/C19H22N6O3/c1-19(2,3)28-18(27)24-9-11(10-24)25-14-8-13(12-6-4-5-7-15(12)26)21-22-16(14)17(20)23-25/h4-8,11,26H,9-10H2,1-3H3,(H2,20,23). The molecule has 3 heterocycles. The molecular formula is C19H22N6O3. The predicted molar refractivity (Wildman–Crippen MR) is 104 cm³/mol. The third-order valence-electron chi connectivity index (χ3n) is 4.52. The van der Waals surface area contributed by atoms with E-state index >= 15 is 0 Å². The molecular weight excluding hydrogens is 360 g/mol. The number of hydrogen-bond donors (Lipinski definition) is 2. The number of fused-ring (bicyclic) bond motifs is 1. The van der Waals surface area contributed by atoms with Crippen LogP contribution in [0.4, 0.5) is 10.6 Å². The Morgan fingerprint density at radius 1 is 1.25 bits per heavy atom. The van der Waals surface area contributed by atoms with Crippen molar-refractivity contribution in [3.05, 3.63) is 30.3 Å². The van der Waals surface area contributed by atoms with Crippen LogP contribution in [0.2, 0.25) is 0 Å². The van der Waals surface area contributed by atoms with Crippen molar-refractivity contribution in [2.24, 2.45) is 0 Å². The molecule has 0 spiro atoms. The number of aromatic hydroxyl groups is 1. The molecule has 1 fully saturated rings. The van der Waals surface area contributed by atoms with Gasteiger partial charge in [0.15, 0.2) is 11.3 Å². The Morgan fingerprint density at radius 2 is 1.96 bits per heavy atom. The van der Waals surface area contributed by atoms with E-state index in [0.717, 1.165) is 0 Å². The van der Waals surface area contributed by atoms with Crippen molar-refractivity contribution in [3.63, 3.8) is 0 Å². The third-order valence-corrected chi connectivity index (χ3v) is 4.52. The van der Waals surface area contributed by atoms with Crippen LogP contribution in [-0.4, -0.2) is 54.8 Å². The van der Waals surface area contributed by atoms with Crippen molar-refractivity contribution in [2.45, 2.75) is 32.4 Å². The first kappa shape index (κ1) is 18.0. The second kappa shape index (κ2) is 6.36. The summed E-state index contributed by atoms with van der Waals surface area (Å²) < 4.78 is 7.16. The average Bonchev–Trinajstić information content (AvgIpc) is 2.88. The number of carbonyl (C=O) groups excluding carboxylic acids is 1. The summed E-state index contributed by atoms with van der Waals surface area (Å²) in [5.74, 6) is 0.400. The van der Waals surface area contributed by atoms with Crippen LogP contribution >= 0.6 is 0 Å². The van der Waals surface area contributed by atoms with Crippen molar-refractivity contribution >= 4 is 22.9 Å². The number of aromatic nitrogens is 4. The average molecular weight is 382 g/mol. The van der Waals surface area contributed by atoms with Crippen LogP contribution < -0.4 is 5.73 Å². The van der Waals surface area contributed by atoms with Crippen molar-refractivity contribution in [1.29, 1.82) is 0 Å². The van der Waals surface area contributed by atoms with Gasteiger partial charge in [-0.3, -0.25) is 4.68 Å². The number of phenolic OH excluding ortho intramolecular Hbond substituents is 1. The van der Waals surface area contributed by atoms with Gasteiger partial charge in [0.1, 0.15) is 11.4 Å². The van der Waals surface area contributed by atoms with Gasteiger partial charge >= 0.3 is 6.09 Å². The number of phenols is 1. The molecule has 1 saturated heterocycles. The number of anilines is 1. The van der Waals surface area contributed by atoms with Gasteiger partial charge in [0.05, 0.1) is 17.3 Å². The molecule has 2 aromatic heterocycles. The molecule has 1 aliphatic heterocycles. The van der Waals surface area contributed by atoms with Gasteiger partial charge in [0.25, 0.3) is 0 Å². The van der Waals surface area contributed by atoms with Crippen molar-refractivity contribution in [1.82, 2.24) is 24.9 Å². The molecule has 0 unspecified atom stereocenters. The molecule has 0 saturated carbocycles. The van der Waals surface area contributed by atoms with E-state index in [0.29, 0.717) is 35.4 Å². The monoisotopic (exact) mass is 382 g/mol. The Hall–Kier alpha value is -3.36. The zero-order valence-electron chi connectivity index (χ0n) is 16.0. The molecule has 146 valence electrons. The molecule has 1 aromatic carbocycles. The summed E-state index contributed by atoms with van der Waals surface area (Å²) >= 11 is 0. The van der Waals surface area contributed by atoms with Gasteiger partial charge in [-0.2, -0.15) is 5.10 Å². The first-order valence-corrected chi connectivity index (χ1v) is 9.00. The van der Waals surface area contributed by atoms with E-state index in [-0.39, 0.29) is 23.7 Å². The van der Waals surface area contributed by atoms with Crippen LogP contribution in [0.3, 0.4) is 0 Å². The van der Waals surface area contributed by atoms with Crippen LogP contribution in [-0.2, 0) is 4.74 Å². The molecule has 0 aliphatic carbocycles. The summed E-state index contributed by atoms with van der Waals surface area (Å²) in [5, 5.41) is 22.8. The predicted octanol–water partition coefficient (Wildman–Crippen LogP) is 2.57. The van der Waals surface area contributed by atoms with Crippen LogP contribution in [0.5, 0.6) is 5.75 Å². The Balaban J connectivity index is 1.61. The number of likely N-dealkylation sites (tertiary alicyclic amines) is 1. The Bertz CT molecular complexity index is 1050. The van der Waals surface area contributed by atoms with Crippen molar-refractivity contribution in [3.8, 4) is 17.0 Å². The normalized spacial score (nSPS) is 14.9. The molecule has 9 nitrogen and oxygen atoms in total. The number of nitrogen functional groups attached to an aromatic ring is 1. The van der Waals surface area contributed by atoms with E-state index in [1.807, 2.05) is 26.8 Å². The van der Waals surface area contributed by atoms with Gasteiger partial charge in [0, 0.05) is 18.7 Å². The topological polar surface area (TPSA) is 119 Å². The molecule has 0 atom stereocenters. The van der Waals surface area contributed by atoms with Gasteiger partial charge in [-0.05, 0) is 39.0 Å². The minimum atomic E-state index is -0.535. The van der Waals surface area contributed by atoms with Crippen LogP contribution in [0, 0.1) is 0 Å². The van der Waals surface area contributed by atoms with Crippen molar-refractivity contribution in [2.75, 3.05) is 18.8 Å². The van der Waals surface area contributed by atoms with E-state index in [1.54, 1.807) is 33.8 Å². The maximum absolute atomic E-state index is 12.2. The second-order valence-electron chi connectivity index (χ2n) is 7.85. The van der Waals surface area contributed by atoms with E-state index < -0.39 is 5.60 Å². The largest absolute Gasteiger partial charge is 0.507 e. The summed E-state index contributed by atoms with van der Waals surface area (Å²) in [7, 11) is 0. The number of nitrogens with two attached hydrogens (primary N) is 1. The highest BCUT2D eigenvalue weighted by Crippen LogP contribution is 2.32. The van der Waals surface area contributed by atoms with Gasteiger partial charge in [-0.15, -0.1) is 10.2 Å². The lowest BCUT2D eigenvalue weighted by molar-refractivity contribution is 0.000201. The maximum atomic E-state index is 12.2. The lowest BCUT2D eigenvalue weighted by atomic mass is 10.1. The number of carbonyl (C=O) groups is 1. The van der Waals surface area contributed by atoms with Gasteiger partial charge < -0.3 is 20.5 Å². The number of nitrogens with zero attached hydrogens (tertiary/aromatic N) is 5. The summed E-state index contributed by atoms with van der Waals surface area (Å²) in [4.78, 5) is 13.8. The van der Waals surface area contributed by atoms with Crippen molar-refractivity contribution < 1.29 is 14.6 Å². The number of para-hydroxylation sites is 1. The van der Waals surface area contributed by atoms with Crippen LogP contribution in [0.15, 0.2) is 30.3 Å². The third kappa shape index (κ3) is 3.19. The Morgan fingerprint density at radius 3 is 2.64 bits per heavy atom. The number of hydrogen-bond acceptors (Lipinski definition) is 7. The SMILES string of the molecule is CC(C)(C)OC(=O)N1CC(n2nc(N)c3nnc(-c4ccccc4O)cc32)C1. The maximum Gasteiger partial charge on any atom is 0.410 e. The number of amides is 1. The van der Waals surface area contributed by atoms with Crippen LogP contribution in [0.25, 0.3) is 22.3 Å². The molecule has 0 radical (unpaired) electrons. The number of benzene rings is 1. The molecule has 9 heteroatoms. The molecule has 3 aromatic rings. The quantitative estimate of drug-likeness (QED) is 0.699. The van der Waals surface area contributed by atoms with Gasteiger partial charge in [-0.1, -0.05) is 12.1 Å². The molecule has 0 bridgehead atoms. The first-order chi connectivity index (χ1) is 13.2. The zero-order valence-corrected chi connectivity index (χ0v) is 16.0. The first-order valence-electron chi connectivity index (χ1n) is 9.00. The van der Waals surface area contributed by atoms with E-state index in [1.165, 1.54) is 0 Å². The zero-order chi connectivity index (χ0) is 20.1. The highest BCUT2D eigenvalue weighted by atomic mass is 16.6. The molecule has 1 aliphatic rings. The van der Waals surface area contributed by atoms with E-state index in [9.17, 15) is 9.90 Å². The fraction of sp³-hybridized carbons (Fsp3) is 0.368. The summed E-state index contributed by atoms with van der Waals surface area (Å²) in [6.45, 7) is 6.45. The number of rotatable bonds is 2. The summed E-state index contributed by atoms with van der Waals surface area (Å²) in [6.07, 6.45) is -0.345. The smallest absolute Gasteiger partial charge is 0.410 e. The highest BCUT2D eigenvalue weighted by Gasteiger charge is 2.36. The lowest BCUT2D eigenvalue weighted by Gasteiger charge is -2.39. The van der Waals surface area contributed by atoms with Crippen LogP contribution in [0.1, 0.15) is 26.8 Å². The Labute approximate surface area is 161 Å². The fourth-order valence-corrected chi connectivity index (χ4v) is 3.14. The molecule has 4 rings (SSSR count). The van der Waals surface area contributed by atoms with E-state index in [2.05, 4.69) is 15.3 Å². The molecule has 1 amide bonds. The molecule has 3 N–H and O–H groups in total.